The summed E-state index contributed by atoms with van der Waals surface area (Å²) in [4.78, 5) is 40.2. The number of rotatable bonds is 8. The number of hydrogen-bond acceptors (Lipinski definition) is 4. The summed E-state index contributed by atoms with van der Waals surface area (Å²) in [5.41, 5.74) is 1.78. The Morgan fingerprint density at radius 1 is 1.09 bits per heavy atom. The Labute approximate surface area is 193 Å². The third-order valence-corrected chi connectivity index (χ3v) is 5.72. The summed E-state index contributed by atoms with van der Waals surface area (Å²) >= 11 is 6.27. The number of halogens is 1. The van der Waals surface area contributed by atoms with E-state index in [0.717, 1.165) is 18.5 Å². The van der Waals surface area contributed by atoms with Crippen LogP contribution in [0.3, 0.4) is 0 Å². The van der Waals surface area contributed by atoms with E-state index in [1.807, 2.05) is 13.8 Å². The van der Waals surface area contributed by atoms with Crippen LogP contribution in [0.5, 0.6) is 5.75 Å². The highest BCUT2D eigenvalue weighted by Crippen LogP contribution is 2.28. The third kappa shape index (κ3) is 5.79. The molecule has 1 aliphatic rings. The fourth-order valence-electron chi connectivity index (χ4n) is 3.58. The van der Waals surface area contributed by atoms with E-state index in [4.69, 9.17) is 16.3 Å². The molecule has 2 aromatic rings. The zero-order chi connectivity index (χ0) is 23.1. The molecule has 0 aromatic heterocycles. The lowest BCUT2D eigenvalue weighted by Crippen LogP contribution is -2.35. The molecule has 0 bridgehead atoms. The highest BCUT2D eigenvalue weighted by Gasteiger charge is 2.20. The zero-order valence-electron chi connectivity index (χ0n) is 18.4. The van der Waals surface area contributed by atoms with E-state index in [1.54, 1.807) is 52.3 Å². The zero-order valence-corrected chi connectivity index (χ0v) is 19.2. The maximum atomic E-state index is 12.6. The lowest BCUT2D eigenvalue weighted by Gasteiger charge is -2.26. The fourth-order valence-corrected chi connectivity index (χ4v) is 3.81. The van der Waals surface area contributed by atoms with E-state index in [2.05, 4.69) is 5.32 Å². The van der Waals surface area contributed by atoms with Crippen molar-refractivity contribution in [2.75, 3.05) is 36.5 Å². The van der Waals surface area contributed by atoms with Gasteiger partial charge in [0.05, 0.1) is 5.02 Å². The quantitative estimate of drug-likeness (QED) is 0.638. The molecule has 32 heavy (non-hydrogen) atoms. The Balaban J connectivity index is 1.59. The molecule has 7 nitrogen and oxygen atoms in total. The first-order valence-corrected chi connectivity index (χ1v) is 11.2. The molecule has 0 radical (unpaired) electrons. The monoisotopic (exact) mass is 457 g/mol. The van der Waals surface area contributed by atoms with Gasteiger partial charge in [0, 0.05) is 43.0 Å². The third-order valence-electron chi connectivity index (χ3n) is 5.42. The molecular formula is C24H28ClN3O4. The summed E-state index contributed by atoms with van der Waals surface area (Å²) in [7, 11) is 0. The number of carbonyl (C=O) groups is 3. The van der Waals surface area contributed by atoms with Gasteiger partial charge in [0.25, 0.3) is 11.8 Å². The average molecular weight is 458 g/mol. The molecule has 0 atom stereocenters. The molecular weight excluding hydrogens is 430 g/mol. The Morgan fingerprint density at radius 3 is 2.44 bits per heavy atom. The van der Waals surface area contributed by atoms with Crippen LogP contribution >= 0.6 is 11.6 Å². The number of ether oxygens (including phenoxy) is 1. The van der Waals surface area contributed by atoms with Crippen LogP contribution in [0.2, 0.25) is 5.02 Å². The van der Waals surface area contributed by atoms with Gasteiger partial charge >= 0.3 is 0 Å². The second-order valence-corrected chi connectivity index (χ2v) is 7.91. The number of anilines is 2. The maximum absolute atomic E-state index is 12.6. The molecule has 2 aromatic carbocycles. The number of benzene rings is 2. The largest absolute Gasteiger partial charge is 0.482 e. The van der Waals surface area contributed by atoms with Gasteiger partial charge in [-0.05, 0) is 69.2 Å². The van der Waals surface area contributed by atoms with Crippen LogP contribution in [0.1, 0.15) is 43.5 Å². The molecule has 0 aliphatic carbocycles. The van der Waals surface area contributed by atoms with Gasteiger partial charge in [0.1, 0.15) is 5.75 Å². The van der Waals surface area contributed by atoms with Crippen molar-refractivity contribution in [3.05, 3.63) is 53.1 Å². The average Bonchev–Trinajstić information content (AvgIpc) is 2.80. The number of carbonyl (C=O) groups excluding carboxylic acids is 3. The lowest BCUT2D eigenvalue weighted by molar-refractivity contribution is -0.133. The van der Waals surface area contributed by atoms with Crippen LogP contribution in [0, 0.1) is 0 Å². The van der Waals surface area contributed by atoms with Crippen molar-refractivity contribution < 1.29 is 19.1 Å². The van der Waals surface area contributed by atoms with Crippen LogP contribution in [0.15, 0.2) is 42.5 Å². The van der Waals surface area contributed by atoms with Crippen molar-refractivity contribution in [1.29, 1.82) is 0 Å². The standard InChI is InChI=1S/C24H28ClN3O4/c1-3-27(4-2)23(30)16-32-21-13-10-18(15-20(21)25)26-24(31)17-8-11-19(12-9-17)28-14-6-5-7-22(28)29/h8-13,15H,3-7,14,16H2,1-2H3,(H,26,31). The fraction of sp³-hybridized carbons (Fsp3) is 0.375. The summed E-state index contributed by atoms with van der Waals surface area (Å²) in [6.07, 6.45) is 2.47. The number of piperidine rings is 1. The van der Waals surface area contributed by atoms with Gasteiger partial charge in [0.15, 0.2) is 6.61 Å². The van der Waals surface area contributed by atoms with Crippen molar-refractivity contribution in [3.8, 4) is 5.75 Å². The number of hydrogen-bond donors (Lipinski definition) is 1. The first kappa shape index (κ1) is 23.6. The van der Waals surface area contributed by atoms with Crippen LogP contribution in [0.4, 0.5) is 11.4 Å². The van der Waals surface area contributed by atoms with Gasteiger partial charge in [0.2, 0.25) is 5.91 Å². The Hall–Kier alpha value is -3.06. The molecule has 1 heterocycles. The Morgan fingerprint density at radius 2 is 1.81 bits per heavy atom. The second kappa shape index (κ2) is 11.0. The van der Waals surface area contributed by atoms with Crippen molar-refractivity contribution in [2.24, 2.45) is 0 Å². The number of nitrogens with zero attached hydrogens (tertiary/aromatic N) is 2. The minimum atomic E-state index is -0.289. The number of nitrogens with one attached hydrogen (secondary N) is 1. The maximum Gasteiger partial charge on any atom is 0.260 e. The topological polar surface area (TPSA) is 79.0 Å². The second-order valence-electron chi connectivity index (χ2n) is 7.50. The molecule has 3 amide bonds. The minimum absolute atomic E-state index is 0.0982. The van der Waals surface area contributed by atoms with Crippen molar-refractivity contribution in [2.45, 2.75) is 33.1 Å². The number of likely N-dealkylation sites (N-methyl/N-ethyl adjacent to an activating group) is 1. The van der Waals surface area contributed by atoms with Crippen molar-refractivity contribution in [1.82, 2.24) is 4.90 Å². The van der Waals surface area contributed by atoms with Crippen molar-refractivity contribution >= 4 is 40.7 Å². The van der Waals surface area contributed by atoms with Gasteiger partial charge in [-0.3, -0.25) is 14.4 Å². The summed E-state index contributed by atoms with van der Waals surface area (Å²) in [5.74, 6) is 0.0889. The molecule has 1 N–H and O–H groups in total. The van der Waals surface area contributed by atoms with E-state index in [9.17, 15) is 14.4 Å². The smallest absolute Gasteiger partial charge is 0.260 e. The van der Waals surface area contributed by atoms with Crippen molar-refractivity contribution in [3.63, 3.8) is 0 Å². The minimum Gasteiger partial charge on any atom is -0.482 e. The van der Waals surface area contributed by atoms with Crippen LogP contribution < -0.4 is 15.0 Å². The van der Waals surface area contributed by atoms with E-state index in [1.165, 1.54) is 0 Å². The molecule has 0 unspecified atom stereocenters. The Bertz CT molecular complexity index is 974. The van der Waals surface area contributed by atoms with Crippen LogP contribution in [0.25, 0.3) is 0 Å². The first-order valence-electron chi connectivity index (χ1n) is 10.8. The van der Waals surface area contributed by atoms with Gasteiger partial charge in [-0.2, -0.15) is 0 Å². The molecule has 1 saturated heterocycles. The summed E-state index contributed by atoms with van der Waals surface area (Å²) < 4.78 is 5.54. The summed E-state index contributed by atoms with van der Waals surface area (Å²) in [6, 6.07) is 11.8. The highest BCUT2D eigenvalue weighted by atomic mass is 35.5. The molecule has 8 heteroatoms. The normalized spacial score (nSPS) is 13.6. The number of amides is 3. The van der Waals surface area contributed by atoms with Gasteiger partial charge < -0.3 is 19.9 Å². The van der Waals surface area contributed by atoms with E-state index < -0.39 is 0 Å². The summed E-state index contributed by atoms with van der Waals surface area (Å²) in [6.45, 7) is 5.66. The molecule has 3 rings (SSSR count). The molecule has 1 aliphatic heterocycles. The van der Waals surface area contributed by atoms with Gasteiger partial charge in [-0.1, -0.05) is 11.6 Å². The molecule has 1 fully saturated rings. The van der Waals surface area contributed by atoms with Gasteiger partial charge in [-0.25, -0.2) is 0 Å². The SMILES string of the molecule is CCN(CC)C(=O)COc1ccc(NC(=O)c2ccc(N3CCCCC3=O)cc2)cc1Cl. The predicted octanol–water partition coefficient (Wildman–Crippen LogP) is 4.36. The predicted molar refractivity (Wildman–Crippen MR) is 125 cm³/mol. The Kier molecular flexibility index (Phi) is 8.11. The van der Waals surface area contributed by atoms with E-state index in [-0.39, 0.29) is 24.3 Å². The summed E-state index contributed by atoms with van der Waals surface area (Å²) in [5, 5.41) is 3.10. The molecule has 170 valence electrons. The highest BCUT2D eigenvalue weighted by molar-refractivity contribution is 6.32. The van der Waals surface area contributed by atoms with Crippen LogP contribution in [-0.2, 0) is 9.59 Å². The first-order chi connectivity index (χ1) is 15.4. The van der Waals surface area contributed by atoms with Crippen LogP contribution in [-0.4, -0.2) is 48.9 Å². The molecule has 0 saturated carbocycles. The molecule has 0 spiro atoms. The van der Waals surface area contributed by atoms with E-state index >= 15 is 0 Å². The van der Waals surface area contributed by atoms with Gasteiger partial charge in [-0.15, -0.1) is 0 Å². The van der Waals surface area contributed by atoms with E-state index in [0.29, 0.717) is 48.1 Å². The lowest BCUT2D eigenvalue weighted by atomic mass is 10.1.